The Hall–Kier alpha value is -3.68. The number of thioether (sulfide) groups is 1. The first-order chi connectivity index (χ1) is 16.9. The van der Waals surface area contributed by atoms with E-state index in [0.29, 0.717) is 6.61 Å². The van der Waals surface area contributed by atoms with Crippen molar-refractivity contribution < 1.29 is 4.74 Å². The quantitative estimate of drug-likeness (QED) is 0.223. The van der Waals surface area contributed by atoms with Gasteiger partial charge in [0.05, 0.1) is 5.69 Å². The first-order valence-electron chi connectivity index (χ1n) is 11.2. The summed E-state index contributed by atoms with van der Waals surface area (Å²) >= 11 is 1.63. The maximum absolute atomic E-state index is 6.24. The molecule has 1 aromatic heterocycles. The maximum Gasteiger partial charge on any atom is 0.214 e. The molecule has 6 nitrogen and oxygen atoms in total. The SMILES string of the molecule is c1ccc(COc2ccc3ccccc3c2CNCCSc2nnnn2-c2ccccc2)cc1. The van der Waals surface area contributed by atoms with E-state index in [1.807, 2.05) is 48.5 Å². The fourth-order valence-electron chi connectivity index (χ4n) is 3.80. The van der Waals surface area contributed by atoms with Gasteiger partial charge in [0.2, 0.25) is 5.16 Å². The zero-order chi connectivity index (χ0) is 23.0. The molecular weight excluding hydrogens is 442 g/mol. The minimum atomic E-state index is 0.546. The molecule has 0 saturated carbocycles. The molecule has 0 aliphatic carbocycles. The monoisotopic (exact) mass is 467 g/mol. The maximum atomic E-state index is 6.24. The highest BCUT2D eigenvalue weighted by atomic mass is 32.2. The average molecular weight is 468 g/mol. The lowest BCUT2D eigenvalue weighted by molar-refractivity contribution is 0.303. The highest BCUT2D eigenvalue weighted by molar-refractivity contribution is 7.99. The van der Waals surface area contributed by atoms with E-state index in [0.717, 1.165) is 41.0 Å². The van der Waals surface area contributed by atoms with Crippen LogP contribution in [-0.2, 0) is 13.2 Å². The highest BCUT2D eigenvalue weighted by Crippen LogP contribution is 2.29. The molecule has 1 heterocycles. The molecule has 0 amide bonds. The van der Waals surface area contributed by atoms with Gasteiger partial charge < -0.3 is 10.1 Å². The van der Waals surface area contributed by atoms with Crippen molar-refractivity contribution in [1.82, 2.24) is 25.5 Å². The van der Waals surface area contributed by atoms with E-state index in [9.17, 15) is 0 Å². The van der Waals surface area contributed by atoms with Gasteiger partial charge in [-0.15, -0.1) is 5.10 Å². The Morgan fingerprint density at radius 3 is 2.44 bits per heavy atom. The number of benzene rings is 4. The number of para-hydroxylation sites is 1. The van der Waals surface area contributed by atoms with Crippen LogP contribution >= 0.6 is 11.8 Å². The van der Waals surface area contributed by atoms with E-state index in [2.05, 4.69) is 69.4 Å². The third kappa shape index (κ3) is 5.27. The zero-order valence-corrected chi connectivity index (χ0v) is 19.5. The van der Waals surface area contributed by atoms with Crippen molar-refractivity contribution >= 4 is 22.5 Å². The summed E-state index contributed by atoms with van der Waals surface area (Å²) < 4.78 is 8.01. The van der Waals surface area contributed by atoms with Crippen molar-refractivity contribution in [2.75, 3.05) is 12.3 Å². The van der Waals surface area contributed by atoms with Crippen LogP contribution in [0.2, 0.25) is 0 Å². The third-order valence-corrected chi connectivity index (χ3v) is 6.41. The Labute approximate surface area is 203 Å². The zero-order valence-electron chi connectivity index (χ0n) is 18.7. The molecule has 0 aliphatic heterocycles. The van der Waals surface area contributed by atoms with Gasteiger partial charge in [-0.3, -0.25) is 0 Å². The normalized spacial score (nSPS) is 11.1. The third-order valence-electron chi connectivity index (χ3n) is 5.49. The smallest absolute Gasteiger partial charge is 0.214 e. The lowest BCUT2D eigenvalue weighted by atomic mass is 10.0. The number of hydrogen-bond acceptors (Lipinski definition) is 6. The van der Waals surface area contributed by atoms with E-state index in [-0.39, 0.29) is 0 Å². The van der Waals surface area contributed by atoms with Gasteiger partial charge >= 0.3 is 0 Å². The van der Waals surface area contributed by atoms with Crippen LogP contribution in [0.5, 0.6) is 5.75 Å². The van der Waals surface area contributed by atoms with E-state index in [1.165, 1.54) is 16.3 Å². The molecule has 0 spiro atoms. The van der Waals surface area contributed by atoms with Crippen molar-refractivity contribution in [3.8, 4) is 11.4 Å². The fourth-order valence-corrected chi connectivity index (χ4v) is 4.58. The molecule has 34 heavy (non-hydrogen) atoms. The summed E-state index contributed by atoms with van der Waals surface area (Å²) in [7, 11) is 0. The molecule has 1 N–H and O–H groups in total. The summed E-state index contributed by atoms with van der Waals surface area (Å²) in [4.78, 5) is 0. The van der Waals surface area contributed by atoms with Gasteiger partial charge in [-0.2, -0.15) is 4.68 Å². The molecule has 0 saturated heterocycles. The molecular formula is C27H25N5OS. The highest BCUT2D eigenvalue weighted by Gasteiger charge is 2.11. The van der Waals surface area contributed by atoms with Crippen molar-refractivity contribution in [3.63, 3.8) is 0 Å². The van der Waals surface area contributed by atoms with Gasteiger partial charge in [0.25, 0.3) is 0 Å². The van der Waals surface area contributed by atoms with Crippen molar-refractivity contribution in [1.29, 1.82) is 0 Å². The summed E-state index contributed by atoms with van der Waals surface area (Å²) in [5.41, 5.74) is 3.29. The van der Waals surface area contributed by atoms with Crippen molar-refractivity contribution in [2.24, 2.45) is 0 Å². The molecule has 5 rings (SSSR count). The van der Waals surface area contributed by atoms with Crippen LogP contribution in [0.15, 0.2) is 102 Å². The molecule has 0 fully saturated rings. The molecule has 4 aromatic carbocycles. The molecule has 7 heteroatoms. The number of hydrogen-bond donors (Lipinski definition) is 1. The van der Waals surface area contributed by atoms with Gasteiger partial charge in [0.1, 0.15) is 12.4 Å². The lowest BCUT2D eigenvalue weighted by Gasteiger charge is -2.15. The number of rotatable bonds is 10. The molecule has 170 valence electrons. The Morgan fingerprint density at radius 1 is 0.824 bits per heavy atom. The van der Waals surface area contributed by atoms with Crippen LogP contribution in [0.1, 0.15) is 11.1 Å². The lowest BCUT2D eigenvalue weighted by Crippen LogP contribution is -2.18. The Balaban J connectivity index is 1.23. The molecule has 0 atom stereocenters. The Bertz CT molecular complexity index is 1340. The Morgan fingerprint density at radius 2 is 1.59 bits per heavy atom. The number of aromatic nitrogens is 4. The number of ether oxygens (including phenoxy) is 1. The Kier molecular flexibility index (Phi) is 7.13. The molecule has 0 unspecified atom stereocenters. The van der Waals surface area contributed by atoms with E-state index in [1.54, 1.807) is 16.4 Å². The number of nitrogens with one attached hydrogen (secondary N) is 1. The largest absolute Gasteiger partial charge is 0.489 e. The molecule has 0 bridgehead atoms. The van der Waals surface area contributed by atoms with Crippen LogP contribution < -0.4 is 10.1 Å². The van der Waals surface area contributed by atoms with Gasteiger partial charge in [0, 0.05) is 24.4 Å². The second-order valence-electron chi connectivity index (χ2n) is 7.77. The minimum Gasteiger partial charge on any atom is -0.489 e. The topological polar surface area (TPSA) is 64.9 Å². The average Bonchev–Trinajstić information content (AvgIpc) is 3.37. The summed E-state index contributed by atoms with van der Waals surface area (Å²) in [6.45, 7) is 2.08. The molecule has 5 aromatic rings. The number of tetrazole rings is 1. The first-order valence-corrected chi connectivity index (χ1v) is 12.2. The first kappa shape index (κ1) is 22.1. The molecule has 0 radical (unpaired) electrons. The van der Waals surface area contributed by atoms with E-state index >= 15 is 0 Å². The summed E-state index contributed by atoms with van der Waals surface area (Å²) in [5, 5.41) is 18.9. The summed E-state index contributed by atoms with van der Waals surface area (Å²) in [6, 6.07) is 32.8. The minimum absolute atomic E-state index is 0.546. The second-order valence-corrected chi connectivity index (χ2v) is 8.83. The predicted octanol–water partition coefficient (Wildman–Crippen LogP) is 5.28. The van der Waals surface area contributed by atoms with E-state index in [4.69, 9.17) is 4.74 Å². The van der Waals surface area contributed by atoms with Crippen LogP contribution in [0.25, 0.3) is 16.5 Å². The summed E-state index contributed by atoms with van der Waals surface area (Å²) in [6.07, 6.45) is 0. The van der Waals surface area contributed by atoms with Crippen molar-refractivity contribution in [2.45, 2.75) is 18.3 Å². The number of fused-ring (bicyclic) bond motifs is 1. The standard InChI is InChI=1S/C27H25N5OS/c1-3-9-21(10-4-1)20-33-26-16-15-22-11-7-8-14-24(22)25(26)19-28-17-18-34-27-29-30-31-32(27)23-12-5-2-6-13-23/h1-16,28H,17-20H2. The van der Waals surface area contributed by atoms with Crippen LogP contribution in [0.3, 0.4) is 0 Å². The van der Waals surface area contributed by atoms with Crippen molar-refractivity contribution in [3.05, 3.63) is 108 Å². The van der Waals surface area contributed by atoms with Crippen LogP contribution in [0.4, 0.5) is 0 Å². The van der Waals surface area contributed by atoms with Gasteiger partial charge in [-0.25, -0.2) is 0 Å². The predicted molar refractivity (Wildman–Crippen MR) is 136 cm³/mol. The van der Waals surface area contributed by atoms with Gasteiger partial charge in [-0.1, -0.05) is 90.6 Å². The van der Waals surface area contributed by atoms with Gasteiger partial charge in [0.15, 0.2) is 0 Å². The number of nitrogens with zero attached hydrogens (tertiary/aromatic N) is 4. The van der Waals surface area contributed by atoms with Crippen LogP contribution in [0, 0.1) is 0 Å². The second kappa shape index (κ2) is 11.0. The summed E-state index contributed by atoms with van der Waals surface area (Å²) in [5.74, 6) is 1.76. The van der Waals surface area contributed by atoms with Gasteiger partial charge in [-0.05, 0) is 45.0 Å². The fraction of sp³-hybridized carbons (Fsp3) is 0.148. The molecule has 0 aliphatic rings. The van der Waals surface area contributed by atoms with E-state index < -0.39 is 0 Å². The van der Waals surface area contributed by atoms with Crippen LogP contribution in [-0.4, -0.2) is 32.5 Å².